The fourth-order valence-corrected chi connectivity index (χ4v) is 6.32. The van der Waals surface area contributed by atoms with Crippen molar-refractivity contribution in [3.8, 4) is 11.1 Å². The Balaban J connectivity index is 1.86. The number of fused-ring (bicyclic) bond motifs is 8. The Morgan fingerprint density at radius 1 is 0.590 bits per heavy atom. The Kier molecular flexibility index (Phi) is 5.70. The van der Waals surface area contributed by atoms with E-state index in [0.717, 1.165) is 46.5 Å². The zero-order chi connectivity index (χ0) is 27.9. The standard InChI is InChI=1S/C35H40N4/c1-19-21(3)32-23(5)27-17-34(6,7)29(36-27)16-26-20(2)22(4)33(39-26)31(24-13-11-10-12-14-24)28-18-35(8,9)30(37-28)15-25(19)38-32/h10-16,38-39H,17-18H2,1-9H3. The van der Waals surface area contributed by atoms with Crippen molar-refractivity contribution in [3.63, 3.8) is 0 Å². The van der Waals surface area contributed by atoms with Crippen molar-refractivity contribution in [2.45, 2.75) is 86.0 Å². The molecular formula is C35H40N4. The van der Waals surface area contributed by atoms with E-state index in [1.807, 2.05) is 0 Å². The molecule has 0 aliphatic carbocycles. The third-order valence-electron chi connectivity index (χ3n) is 9.29. The van der Waals surface area contributed by atoms with Crippen LogP contribution in [0, 0.1) is 34.6 Å². The molecule has 2 N–H and O–H groups in total. The van der Waals surface area contributed by atoms with E-state index in [2.05, 4.69) is 115 Å². The Labute approximate surface area is 232 Å². The van der Waals surface area contributed by atoms with Gasteiger partial charge in [-0.1, -0.05) is 58.0 Å². The van der Waals surface area contributed by atoms with Gasteiger partial charge in [0.25, 0.3) is 0 Å². The third-order valence-corrected chi connectivity index (χ3v) is 9.29. The molecule has 0 atom stereocenters. The van der Waals surface area contributed by atoms with Crippen LogP contribution in [0.15, 0.2) is 42.5 Å². The van der Waals surface area contributed by atoms with Crippen molar-refractivity contribution < 1.29 is 0 Å². The van der Waals surface area contributed by atoms with Crippen LogP contribution in [-0.4, -0.2) is 19.9 Å². The minimum absolute atomic E-state index is 0.0460. The fourth-order valence-electron chi connectivity index (χ4n) is 6.32. The molecule has 0 unspecified atom stereocenters. The molecule has 4 aromatic rings. The number of hydrogen-bond donors (Lipinski definition) is 2. The Hall–Kier alpha value is -3.66. The average Bonchev–Trinajstić information content (AvgIpc) is 3.54. The molecule has 0 spiro atoms. The summed E-state index contributed by atoms with van der Waals surface area (Å²) < 4.78 is 0. The zero-order valence-corrected chi connectivity index (χ0v) is 24.9. The number of nitrogens with zero attached hydrogens (tertiary/aromatic N) is 2. The second kappa shape index (κ2) is 8.67. The number of aryl methyl sites for hydroxylation is 5. The van der Waals surface area contributed by atoms with Crippen LogP contribution in [0.25, 0.3) is 33.2 Å². The number of hydrogen-bond acceptors (Lipinski definition) is 2. The quantitative estimate of drug-likeness (QED) is 0.266. The number of benzene rings is 1. The molecular weight excluding hydrogens is 476 g/mol. The molecule has 8 bridgehead atoms. The van der Waals surface area contributed by atoms with Crippen molar-refractivity contribution in [1.82, 2.24) is 19.9 Å². The monoisotopic (exact) mass is 516 g/mol. The molecule has 0 saturated heterocycles. The molecule has 2 aliphatic heterocycles. The second-order valence-electron chi connectivity index (χ2n) is 13.0. The molecule has 4 heteroatoms. The first-order valence-electron chi connectivity index (χ1n) is 14.1. The molecule has 39 heavy (non-hydrogen) atoms. The van der Waals surface area contributed by atoms with Crippen molar-refractivity contribution in [2.75, 3.05) is 0 Å². The van der Waals surface area contributed by atoms with E-state index in [4.69, 9.17) is 9.97 Å². The van der Waals surface area contributed by atoms with E-state index >= 15 is 0 Å². The SMILES string of the molecule is Cc1c(C)c2[nH]c1cc1nc(c(-c3ccccc3)c3[nH]c(cc4nc(c2C)CC4(C)C)c(C)c3C)CC1(C)C. The molecule has 1 aromatic carbocycles. The van der Waals surface area contributed by atoms with Crippen molar-refractivity contribution in [2.24, 2.45) is 0 Å². The number of H-pyrrole nitrogens is 2. The van der Waals surface area contributed by atoms with E-state index in [1.54, 1.807) is 0 Å². The highest BCUT2D eigenvalue weighted by molar-refractivity contribution is 5.88. The lowest BCUT2D eigenvalue weighted by molar-refractivity contribution is 0.542. The predicted octanol–water partition coefficient (Wildman–Crippen LogP) is 8.56. The Morgan fingerprint density at radius 2 is 1.08 bits per heavy atom. The van der Waals surface area contributed by atoms with E-state index in [-0.39, 0.29) is 10.8 Å². The smallest absolute Gasteiger partial charge is 0.0515 e. The van der Waals surface area contributed by atoms with Gasteiger partial charge in [0, 0.05) is 62.9 Å². The van der Waals surface area contributed by atoms with Gasteiger partial charge in [-0.3, -0.25) is 9.97 Å². The lowest BCUT2D eigenvalue weighted by atomic mass is 9.85. The topological polar surface area (TPSA) is 57.4 Å². The molecule has 2 aliphatic rings. The summed E-state index contributed by atoms with van der Waals surface area (Å²) in [4.78, 5) is 18.3. The van der Waals surface area contributed by atoms with Gasteiger partial charge in [0.05, 0.1) is 11.2 Å². The molecule has 4 nitrogen and oxygen atoms in total. The predicted molar refractivity (Wildman–Crippen MR) is 164 cm³/mol. The van der Waals surface area contributed by atoms with Gasteiger partial charge in [-0.15, -0.1) is 0 Å². The van der Waals surface area contributed by atoms with Crippen LogP contribution in [0.2, 0.25) is 0 Å². The molecule has 0 saturated carbocycles. The molecule has 3 aromatic heterocycles. The van der Waals surface area contributed by atoms with Crippen LogP contribution < -0.4 is 0 Å². The summed E-state index contributed by atoms with van der Waals surface area (Å²) in [6, 6.07) is 15.3. The largest absolute Gasteiger partial charge is 0.355 e. The van der Waals surface area contributed by atoms with Gasteiger partial charge >= 0.3 is 0 Å². The van der Waals surface area contributed by atoms with Gasteiger partial charge < -0.3 is 9.97 Å². The van der Waals surface area contributed by atoms with Gasteiger partial charge in [0.1, 0.15) is 0 Å². The van der Waals surface area contributed by atoms with E-state index in [1.165, 1.54) is 50.2 Å². The molecule has 0 fully saturated rings. The molecule has 5 heterocycles. The number of aromatic amines is 2. The van der Waals surface area contributed by atoms with Crippen LogP contribution in [0.1, 0.15) is 78.3 Å². The van der Waals surface area contributed by atoms with Gasteiger partial charge in [0.15, 0.2) is 0 Å². The van der Waals surface area contributed by atoms with Gasteiger partial charge in [-0.25, -0.2) is 0 Å². The zero-order valence-electron chi connectivity index (χ0n) is 24.9. The molecule has 6 rings (SSSR count). The summed E-state index contributed by atoms with van der Waals surface area (Å²) in [6.45, 7) is 20.4. The lowest BCUT2D eigenvalue weighted by Crippen LogP contribution is -2.15. The summed E-state index contributed by atoms with van der Waals surface area (Å²) >= 11 is 0. The molecule has 0 radical (unpaired) electrons. The summed E-state index contributed by atoms with van der Waals surface area (Å²) in [7, 11) is 0. The van der Waals surface area contributed by atoms with Crippen molar-refractivity contribution >= 4 is 22.1 Å². The highest BCUT2D eigenvalue weighted by Crippen LogP contribution is 2.40. The average molecular weight is 517 g/mol. The van der Waals surface area contributed by atoms with Gasteiger partial charge in [0.2, 0.25) is 0 Å². The number of nitrogens with one attached hydrogen (secondary N) is 2. The van der Waals surface area contributed by atoms with Crippen molar-refractivity contribution in [3.05, 3.63) is 93.1 Å². The highest BCUT2D eigenvalue weighted by atomic mass is 14.8. The first kappa shape index (κ1) is 25.6. The van der Waals surface area contributed by atoms with E-state index < -0.39 is 0 Å². The number of aromatic nitrogens is 4. The third kappa shape index (κ3) is 4.04. The van der Waals surface area contributed by atoms with Crippen LogP contribution in [0.3, 0.4) is 0 Å². The van der Waals surface area contributed by atoms with E-state index in [0.29, 0.717) is 0 Å². The summed E-state index contributed by atoms with van der Waals surface area (Å²) in [5.74, 6) is 0. The van der Waals surface area contributed by atoms with Crippen LogP contribution in [0.5, 0.6) is 0 Å². The number of rotatable bonds is 1. The Bertz CT molecular complexity index is 1800. The summed E-state index contributed by atoms with van der Waals surface area (Å²) in [5, 5.41) is 0. The normalized spacial score (nSPS) is 16.0. The van der Waals surface area contributed by atoms with Crippen LogP contribution in [-0.2, 0) is 23.7 Å². The van der Waals surface area contributed by atoms with Gasteiger partial charge in [-0.05, 0) is 80.1 Å². The maximum absolute atomic E-state index is 5.37. The lowest BCUT2D eigenvalue weighted by Gasteiger charge is -2.16. The Morgan fingerprint density at radius 3 is 1.67 bits per heavy atom. The summed E-state index contributed by atoms with van der Waals surface area (Å²) in [5.41, 5.74) is 17.8. The molecule has 0 amide bonds. The maximum atomic E-state index is 5.37. The van der Waals surface area contributed by atoms with Gasteiger partial charge in [-0.2, -0.15) is 0 Å². The minimum atomic E-state index is -0.0821. The van der Waals surface area contributed by atoms with Crippen LogP contribution >= 0.6 is 0 Å². The molecule has 200 valence electrons. The minimum Gasteiger partial charge on any atom is -0.355 e. The first-order valence-corrected chi connectivity index (χ1v) is 14.1. The van der Waals surface area contributed by atoms with Crippen LogP contribution in [0.4, 0.5) is 0 Å². The highest BCUT2D eigenvalue weighted by Gasteiger charge is 2.32. The maximum Gasteiger partial charge on any atom is 0.0515 e. The second-order valence-corrected chi connectivity index (χ2v) is 13.0. The van der Waals surface area contributed by atoms with E-state index in [9.17, 15) is 0 Å². The fraction of sp³-hybridized carbons (Fsp3) is 0.371. The summed E-state index contributed by atoms with van der Waals surface area (Å²) in [6.07, 6.45) is 1.81. The van der Waals surface area contributed by atoms with Crippen molar-refractivity contribution in [1.29, 1.82) is 0 Å². The first-order chi connectivity index (χ1) is 18.4.